The molecule has 0 fully saturated rings. The maximum Gasteiger partial charge on any atom is 0.337 e. The zero-order valence-corrected chi connectivity index (χ0v) is 11.4. The van der Waals surface area contributed by atoms with Crippen LogP contribution in [0.2, 0.25) is 0 Å². The third-order valence-corrected chi connectivity index (χ3v) is 3.17. The van der Waals surface area contributed by atoms with E-state index in [0.717, 1.165) is 16.5 Å². The lowest BCUT2D eigenvalue weighted by Crippen LogP contribution is -2.01. The number of aromatic nitrogens is 2. The fourth-order valence-electron chi connectivity index (χ4n) is 2.06. The van der Waals surface area contributed by atoms with Gasteiger partial charge in [0.2, 0.25) is 0 Å². The average Bonchev–Trinajstić information content (AvgIpc) is 2.48. The summed E-state index contributed by atoms with van der Waals surface area (Å²) in [7, 11) is 0. The highest BCUT2D eigenvalue weighted by molar-refractivity contribution is 5.87. The predicted molar refractivity (Wildman–Crippen MR) is 81.0 cm³/mol. The Morgan fingerprint density at radius 3 is 2.71 bits per heavy atom. The fourth-order valence-corrected chi connectivity index (χ4v) is 2.06. The molecule has 3 rings (SSSR count). The Balaban J connectivity index is 1.93. The van der Waals surface area contributed by atoms with Gasteiger partial charge in [-0.3, -0.25) is 0 Å². The number of para-hydroxylation sites is 1. The number of nitrogens with zero attached hydrogens (tertiary/aromatic N) is 2. The number of hydrogen-bond acceptors (Lipinski definition) is 4. The van der Waals surface area contributed by atoms with Gasteiger partial charge in [-0.1, -0.05) is 18.2 Å². The monoisotopic (exact) mass is 279 g/mol. The van der Waals surface area contributed by atoms with Crippen LogP contribution < -0.4 is 5.32 Å². The van der Waals surface area contributed by atoms with E-state index in [9.17, 15) is 4.79 Å². The maximum atomic E-state index is 10.8. The summed E-state index contributed by atoms with van der Waals surface area (Å²) in [6, 6.07) is 13.1. The Kier molecular flexibility index (Phi) is 3.23. The lowest BCUT2D eigenvalue weighted by Gasteiger charge is -2.09. The lowest BCUT2D eigenvalue weighted by atomic mass is 10.1. The van der Waals surface area contributed by atoms with Crippen LogP contribution >= 0.6 is 0 Å². The SMILES string of the molecule is Cc1cc2ccccc2nc1Nc1ccc(C(=O)O)cn1. The van der Waals surface area contributed by atoms with E-state index < -0.39 is 5.97 Å². The van der Waals surface area contributed by atoms with Crippen LogP contribution in [0.4, 0.5) is 11.6 Å². The molecule has 0 aliphatic heterocycles. The van der Waals surface area contributed by atoms with Crippen molar-refractivity contribution >= 4 is 28.5 Å². The molecule has 0 spiro atoms. The van der Waals surface area contributed by atoms with Crippen LogP contribution in [0.25, 0.3) is 10.9 Å². The first-order valence-corrected chi connectivity index (χ1v) is 6.46. The van der Waals surface area contributed by atoms with E-state index >= 15 is 0 Å². The summed E-state index contributed by atoms with van der Waals surface area (Å²) in [4.78, 5) is 19.4. The van der Waals surface area contributed by atoms with E-state index in [4.69, 9.17) is 5.11 Å². The van der Waals surface area contributed by atoms with Gasteiger partial charge in [0, 0.05) is 11.6 Å². The van der Waals surface area contributed by atoms with Crippen molar-refractivity contribution in [3.8, 4) is 0 Å². The number of fused-ring (bicyclic) bond motifs is 1. The van der Waals surface area contributed by atoms with E-state index in [0.29, 0.717) is 11.6 Å². The molecule has 3 aromatic rings. The first kappa shape index (κ1) is 13.1. The van der Waals surface area contributed by atoms with Crippen LogP contribution in [-0.4, -0.2) is 21.0 Å². The smallest absolute Gasteiger partial charge is 0.337 e. The normalized spacial score (nSPS) is 10.5. The Labute approximate surface area is 121 Å². The van der Waals surface area contributed by atoms with Gasteiger partial charge in [-0.25, -0.2) is 14.8 Å². The summed E-state index contributed by atoms with van der Waals surface area (Å²) >= 11 is 0. The zero-order chi connectivity index (χ0) is 14.8. The molecule has 0 saturated carbocycles. The number of aryl methyl sites for hydroxylation is 1. The average molecular weight is 279 g/mol. The number of rotatable bonds is 3. The van der Waals surface area contributed by atoms with Crippen LogP contribution in [0.5, 0.6) is 0 Å². The third kappa shape index (κ3) is 2.67. The molecular weight excluding hydrogens is 266 g/mol. The van der Waals surface area contributed by atoms with E-state index in [1.54, 1.807) is 6.07 Å². The molecule has 2 heterocycles. The highest BCUT2D eigenvalue weighted by atomic mass is 16.4. The molecule has 1 aromatic carbocycles. The molecule has 0 aliphatic rings. The molecule has 5 nitrogen and oxygen atoms in total. The number of carboxylic acid groups (broad SMARTS) is 1. The van der Waals surface area contributed by atoms with Gasteiger partial charge in [0.05, 0.1) is 11.1 Å². The molecule has 2 aromatic heterocycles. The molecule has 0 aliphatic carbocycles. The van der Waals surface area contributed by atoms with Gasteiger partial charge in [0.25, 0.3) is 0 Å². The number of anilines is 2. The second kappa shape index (κ2) is 5.20. The van der Waals surface area contributed by atoms with Crippen LogP contribution in [0, 0.1) is 6.92 Å². The summed E-state index contributed by atoms with van der Waals surface area (Å²) in [6.45, 7) is 1.97. The standard InChI is InChI=1S/C16H13N3O2/c1-10-8-11-4-2-3-5-13(11)18-15(10)19-14-7-6-12(9-17-14)16(20)21/h2-9H,1H3,(H,20,21)(H,17,18,19). The summed E-state index contributed by atoms with van der Waals surface area (Å²) in [5.41, 5.74) is 2.05. The van der Waals surface area contributed by atoms with Gasteiger partial charge in [-0.05, 0) is 36.8 Å². The van der Waals surface area contributed by atoms with Crippen LogP contribution in [0.3, 0.4) is 0 Å². The number of carboxylic acids is 1. The van der Waals surface area contributed by atoms with Crippen LogP contribution in [-0.2, 0) is 0 Å². The first-order valence-electron chi connectivity index (χ1n) is 6.46. The summed E-state index contributed by atoms with van der Waals surface area (Å²) in [5, 5.41) is 13.0. The zero-order valence-electron chi connectivity index (χ0n) is 11.4. The van der Waals surface area contributed by atoms with Crippen molar-refractivity contribution in [2.75, 3.05) is 5.32 Å². The summed E-state index contributed by atoms with van der Waals surface area (Å²) in [6.07, 6.45) is 1.32. The number of aromatic carboxylic acids is 1. The second-order valence-electron chi connectivity index (χ2n) is 4.71. The van der Waals surface area contributed by atoms with Gasteiger partial charge in [-0.2, -0.15) is 0 Å². The van der Waals surface area contributed by atoms with Gasteiger partial charge in [0.1, 0.15) is 11.6 Å². The summed E-state index contributed by atoms with van der Waals surface area (Å²) in [5.74, 6) is 0.282. The third-order valence-electron chi connectivity index (χ3n) is 3.17. The van der Waals surface area contributed by atoms with Crippen LogP contribution in [0.15, 0.2) is 48.7 Å². The van der Waals surface area contributed by atoms with Gasteiger partial charge in [0.15, 0.2) is 0 Å². The van der Waals surface area contributed by atoms with E-state index in [-0.39, 0.29) is 5.56 Å². The molecule has 0 radical (unpaired) electrons. The minimum absolute atomic E-state index is 0.156. The van der Waals surface area contributed by atoms with E-state index in [1.807, 2.05) is 31.2 Å². The molecule has 5 heteroatoms. The van der Waals surface area contributed by atoms with Gasteiger partial charge in [-0.15, -0.1) is 0 Å². The quantitative estimate of drug-likeness (QED) is 0.768. The van der Waals surface area contributed by atoms with Crippen molar-refractivity contribution in [1.82, 2.24) is 9.97 Å². The number of carbonyl (C=O) groups is 1. The highest BCUT2D eigenvalue weighted by Crippen LogP contribution is 2.22. The fraction of sp³-hybridized carbons (Fsp3) is 0.0625. The molecule has 104 valence electrons. The highest BCUT2D eigenvalue weighted by Gasteiger charge is 2.06. The minimum Gasteiger partial charge on any atom is -0.478 e. The Hall–Kier alpha value is -2.95. The van der Waals surface area contributed by atoms with Crippen molar-refractivity contribution in [1.29, 1.82) is 0 Å². The van der Waals surface area contributed by atoms with Crippen LogP contribution in [0.1, 0.15) is 15.9 Å². The summed E-state index contributed by atoms with van der Waals surface area (Å²) < 4.78 is 0. The first-order chi connectivity index (χ1) is 10.1. The number of pyridine rings is 2. The predicted octanol–water partition coefficient (Wildman–Crippen LogP) is 3.38. The van der Waals surface area contributed by atoms with Crippen molar-refractivity contribution in [3.05, 3.63) is 59.8 Å². The number of benzene rings is 1. The van der Waals surface area contributed by atoms with Crippen molar-refractivity contribution in [2.45, 2.75) is 6.92 Å². The molecular formula is C16H13N3O2. The molecule has 2 N–H and O–H groups in total. The number of nitrogens with one attached hydrogen (secondary N) is 1. The molecule has 0 amide bonds. The second-order valence-corrected chi connectivity index (χ2v) is 4.71. The van der Waals surface area contributed by atoms with Crippen molar-refractivity contribution < 1.29 is 9.90 Å². The minimum atomic E-state index is -0.992. The van der Waals surface area contributed by atoms with Crippen molar-refractivity contribution in [2.24, 2.45) is 0 Å². The van der Waals surface area contributed by atoms with Crippen molar-refractivity contribution in [3.63, 3.8) is 0 Å². The molecule has 0 unspecified atom stereocenters. The Morgan fingerprint density at radius 2 is 2.00 bits per heavy atom. The van der Waals surface area contributed by atoms with Gasteiger partial charge >= 0.3 is 5.97 Å². The van der Waals surface area contributed by atoms with Gasteiger partial charge < -0.3 is 10.4 Å². The molecule has 0 bridgehead atoms. The van der Waals surface area contributed by atoms with E-state index in [2.05, 4.69) is 21.4 Å². The van der Waals surface area contributed by atoms with E-state index in [1.165, 1.54) is 12.3 Å². The Morgan fingerprint density at radius 1 is 1.19 bits per heavy atom. The number of hydrogen-bond donors (Lipinski definition) is 2. The topological polar surface area (TPSA) is 75.1 Å². The largest absolute Gasteiger partial charge is 0.478 e. The maximum absolute atomic E-state index is 10.8. The Bertz CT molecular complexity index is 813. The molecule has 21 heavy (non-hydrogen) atoms. The molecule has 0 atom stereocenters. The lowest BCUT2D eigenvalue weighted by molar-refractivity contribution is 0.0696. The molecule has 0 saturated heterocycles.